The third-order valence-corrected chi connectivity index (χ3v) is 15.5. The van der Waals surface area contributed by atoms with Crippen LogP contribution in [0.3, 0.4) is 0 Å². The third-order valence-electron chi connectivity index (χ3n) is 15.5. The Morgan fingerprint density at radius 2 is 1.04 bits per heavy atom. The predicted octanol–water partition coefficient (Wildman–Crippen LogP) is 18.3. The first kappa shape index (κ1) is 38.9. The lowest BCUT2D eigenvalue weighted by Gasteiger charge is -2.30. The summed E-state index contributed by atoms with van der Waals surface area (Å²) >= 11 is 0. The highest BCUT2D eigenvalue weighted by Crippen LogP contribution is 2.59. The number of aryl methyl sites for hydroxylation is 1. The molecule has 2 heterocycles. The van der Waals surface area contributed by atoms with Crippen molar-refractivity contribution in [3.63, 3.8) is 0 Å². The van der Waals surface area contributed by atoms with E-state index in [4.69, 9.17) is 11.8 Å². The maximum Gasteiger partial charge on any atom is 0.143 e. The van der Waals surface area contributed by atoms with Gasteiger partial charge in [-0.15, -0.1) is 0 Å². The summed E-state index contributed by atoms with van der Waals surface area (Å²) in [5.41, 5.74) is 23.4. The van der Waals surface area contributed by atoms with Gasteiger partial charge in [-0.3, -0.25) is 0 Å². The molecule has 0 bridgehead atoms. The minimum Gasteiger partial charge on any atom is -0.460 e. The summed E-state index contributed by atoms with van der Waals surface area (Å²) in [4.78, 5) is 2.48. The second-order valence-electron chi connectivity index (χ2n) is 21.2. The van der Waals surface area contributed by atoms with Gasteiger partial charge in [0.25, 0.3) is 0 Å². The Kier molecular flexibility index (Phi) is 8.17. The van der Waals surface area contributed by atoms with Crippen LogP contribution >= 0.6 is 0 Å². The van der Waals surface area contributed by atoms with Gasteiger partial charge in [-0.1, -0.05) is 164 Å². The zero-order valence-corrected chi connectivity index (χ0v) is 39.3. The van der Waals surface area contributed by atoms with Crippen LogP contribution in [0.4, 0.5) is 17.1 Å². The molecule has 3 heteroatoms. The molecular weight excluding hydrogens is 815 g/mol. The number of allylic oxidation sites excluding steroid dienone is 1. The van der Waals surface area contributed by atoms with Crippen LogP contribution in [0.25, 0.3) is 83.5 Å². The topological polar surface area (TPSA) is 29.5 Å². The van der Waals surface area contributed by atoms with Crippen LogP contribution < -0.4 is 4.90 Å². The number of fused-ring (bicyclic) bond motifs is 14. The number of para-hydroxylation sites is 1. The Hall–Kier alpha value is -7.36. The maximum atomic E-state index is 6.88. The fourth-order valence-electron chi connectivity index (χ4n) is 11.9. The van der Waals surface area contributed by atoms with Crippen molar-refractivity contribution in [2.45, 2.75) is 77.6 Å². The monoisotopic (exact) mass is 871 g/mol. The van der Waals surface area contributed by atoms with Crippen molar-refractivity contribution in [3.8, 4) is 44.5 Å². The van der Waals surface area contributed by atoms with Gasteiger partial charge in [0.15, 0.2) is 0 Å². The molecule has 0 unspecified atom stereocenters. The molecule has 3 nitrogen and oxygen atoms in total. The highest BCUT2D eigenvalue weighted by molar-refractivity contribution is 6.19. The van der Waals surface area contributed by atoms with Crippen molar-refractivity contribution in [1.82, 2.24) is 0 Å². The van der Waals surface area contributed by atoms with Crippen LogP contribution in [0.1, 0.15) is 97.0 Å². The SMILES string of the molecule is CC(C)(C)c1ccc(N(c2ccc3c(c2)C(C)(C)c2cc(-c4ccccc4)c4oc5c(c4c2-3)C=CCC5)c2ccc3c(c2)C(C)(C)c2cc(-c4ccccc4)c4oc5ccccc5c4c2-3)cc1.[2H][2H]. The Bertz CT molecular complexity index is 3710. The molecule has 10 aromatic rings. The third kappa shape index (κ3) is 5.77. The summed E-state index contributed by atoms with van der Waals surface area (Å²) in [6.45, 7) is 16.5. The van der Waals surface area contributed by atoms with E-state index in [2.05, 4.69) is 223 Å². The molecular formula is C64H55NO2. The number of nitrogens with zero attached hydrogens (tertiary/aromatic N) is 1. The molecule has 2 aromatic heterocycles. The molecule has 0 saturated carbocycles. The molecule has 3 aliphatic carbocycles. The fraction of sp³-hybridized carbons (Fsp3) is 0.188. The van der Waals surface area contributed by atoms with Crippen LogP contribution in [0, 0.1) is 0 Å². The molecule has 328 valence electrons. The number of anilines is 3. The molecule has 0 aliphatic heterocycles. The van der Waals surface area contributed by atoms with Gasteiger partial charge in [0.2, 0.25) is 0 Å². The average molecular weight is 872 g/mol. The van der Waals surface area contributed by atoms with Crippen molar-refractivity contribution < 1.29 is 11.8 Å². The van der Waals surface area contributed by atoms with Crippen LogP contribution in [0.15, 0.2) is 173 Å². The smallest absolute Gasteiger partial charge is 0.143 e. The first-order chi connectivity index (χ1) is 33.4. The standard InChI is InChI=1S/C64H53NO2.H2/c1-62(2,3)40-26-28-41(29-27-40)65(42-30-32-44-50(34-42)63(4,5)52-36-48(38-18-10-8-11-19-38)60-58(56(44)52)46-22-14-16-24-54(46)66-60)43-31-33-45-51(35-43)64(6,7)53-37-49(39-20-12-9-13-21-39)61-59(57(45)53)47-23-15-17-25-55(47)67-61;/h8-16,18-24,26-37H,17,25H2,1-7H3;1H/i;1+1D. The molecule has 0 fully saturated rings. The van der Waals surface area contributed by atoms with Gasteiger partial charge in [-0.05, 0) is 128 Å². The van der Waals surface area contributed by atoms with Gasteiger partial charge in [0.05, 0.1) is 0 Å². The summed E-state index contributed by atoms with van der Waals surface area (Å²) in [6, 6.07) is 58.5. The maximum absolute atomic E-state index is 6.88. The summed E-state index contributed by atoms with van der Waals surface area (Å²) in [5, 5.41) is 3.59. The molecule has 3 aliphatic rings. The molecule has 67 heavy (non-hydrogen) atoms. The highest BCUT2D eigenvalue weighted by Gasteiger charge is 2.42. The van der Waals surface area contributed by atoms with Crippen molar-refractivity contribution in [1.29, 1.82) is 0 Å². The van der Waals surface area contributed by atoms with Crippen LogP contribution in [0.2, 0.25) is 0 Å². The van der Waals surface area contributed by atoms with Crippen LogP contribution in [0.5, 0.6) is 0 Å². The number of benzene rings is 8. The molecule has 0 radical (unpaired) electrons. The van der Waals surface area contributed by atoms with Gasteiger partial charge in [-0.25, -0.2) is 0 Å². The van der Waals surface area contributed by atoms with Gasteiger partial charge < -0.3 is 13.7 Å². The quantitative estimate of drug-likeness (QED) is 0.173. The number of furan rings is 2. The Morgan fingerprint density at radius 3 is 1.63 bits per heavy atom. The fourth-order valence-corrected chi connectivity index (χ4v) is 11.9. The first-order valence-electron chi connectivity index (χ1n) is 25.0. The summed E-state index contributed by atoms with van der Waals surface area (Å²) in [7, 11) is 0. The predicted molar refractivity (Wildman–Crippen MR) is 282 cm³/mol. The number of rotatable bonds is 5. The number of hydrogen-bond donors (Lipinski definition) is 0. The Morgan fingerprint density at radius 1 is 0.522 bits per heavy atom. The van der Waals surface area contributed by atoms with E-state index in [9.17, 15) is 0 Å². The van der Waals surface area contributed by atoms with E-state index in [0.29, 0.717) is 0 Å². The minimum atomic E-state index is -0.292. The zero-order valence-electron chi connectivity index (χ0n) is 41.3. The Balaban J connectivity index is 0.00000243. The molecule has 0 atom stereocenters. The second kappa shape index (κ2) is 14.1. The number of hydrogen-bond acceptors (Lipinski definition) is 3. The van der Waals surface area contributed by atoms with E-state index in [1.807, 2.05) is 0 Å². The van der Waals surface area contributed by atoms with Gasteiger partial charge in [-0.2, -0.15) is 0 Å². The van der Waals surface area contributed by atoms with E-state index in [1.54, 1.807) is 0 Å². The van der Waals surface area contributed by atoms with Crippen molar-refractivity contribution >= 4 is 56.0 Å². The lowest BCUT2D eigenvalue weighted by Crippen LogP contribution is -2.18. The summed E-state index contributed by atoms with van der Waals surface area (Å²) < 4.78 is 23.7. The van der Waals surface area contributed by atoms with Gasteiger partial charge in [0.1, 0.15) is 22.5 Å². The average Bonchev–Trinajstić information content (AvgIpc) is 4.07. The normalized spacial score (nSPS) is 15.3. The lowest BCUT2D eigenvalue weighted by molar-refractivity contribution is 0.547. The van der Waals surface area contributed by atoms with Crippen LogP contribution in [-0.2, 0) is 22.7 Å². The van der Waals surface area contributed by atoms with E-state index in [-0.39, 0.29) is 16.2 Å². The van der Waals surface area contributed by atoms with Crippen molar-refractivity contribution in [3.05, 3.63) is 203 Å². The van der Waals surface area contributed by atoms with Crippen LogP contribution in [-0.4, -0.2) is 0 Å². The highest BCUT2D eigenvalue weighted by atomic mass is 16.3. The summed E-state index contributed by atoms with van der Waals surface area (Å²) in [5.74, 6) is 1.09. The summed E-state index contributed by atoms with van der Waals surface area (Å²) in [6.07, 6.45) is 6.53. The second-order valence-corrected chi connectivity index (χ2v) is 21.2. The van der Waals surface area contributed by atoms with E-state index in [0.717, 1.165) is 74.5 Å². The van der Waals surface area contributed by atoms with Gasteiger partial charge in [0, 0.05) is 70.1 Å². The molecule has 8 aromatic carbocycles. The minimum absolute atomic E-state index is 0.0305. The van der Waals surface area contributed by atoms with E-state index < -0.39 is 0 Å². The molecule has 13 rings (SSSR count). The van der Waals surface area contributed by atoms with Gasteiger partial charge >= 0.3 is 0 Å². The molecule has 0 N–H and O–H groups in total. The Labute approximate surface area is 396 Å². The van der Waals surface area contributed by atoms with Crippen molar-refractivity contribution in [2.75, 3.05) is 4.90 Å². The van der Waals surface area contributed by atoms with E-state index >= 15 is 0 Å². The first-order valence-corrected chi connectivity index (χ1v) is 24.0. The molecule has 0 saturated heterocycles. The molecule has 0 spiro atoms. The molecule has 0 amide bonds. The zero-order chi connectivity index (χ0) is 47.6. The van der Waals surface area contributed by atoms with E-state index in [1.165, 1.54) is 72.0 Å². The lowest BCUT2D eigenvalue weighted by atomic mass is 9.80. The largest absolute Gasteiger partial charge is 0.460 e. The van der Waals surface area contributed by atoms with Crippen molar-refractivity contribution in [2.24, 2.45) is 0 Å².